The lowest BCUT2D eigenvalue weighted by Crippen LogP contribution is -2.24. The summed E-state index contributed by atoms with van der Waals surface area (Å²) >= 11 is 0. The van der Waals surface area contributed by atoms with E-state index in [-0.39, 0.29) is 24.4 Å². The Hall–Kier alpha value is -2.96. The van der Waals surface area contributed by atoms with Gasteiger partial charge in [-0.05, 0) is 30.7 Å². The van der Waals surface area contributed by atoms with Gasteiger partial charge in [0, 0.05) is 0 Å². The molecule has 0 saturated carbocycles. The van der Waals surface area contributed by atoms with Gasteiger partial charge in [0.15, 0.2) is 11.5 Å². The number of amides is 1. The summed E-state index contributed by atoms with van der Waals surface area (Å²) in [4.78, 5) is 23.0. The van der Waals surface area contributed by atoms with Crippen LogP contribution in [0.2, 0.25) is 0 Å². The minimum absolute atomic E-state index is 0.0964. The van der Waals surface area contributed by atoms with Gasteiger partial charge in [-0.3, -0.25) is 4.79 Å². The fraction of sp³-hybridized carbons (Fsp3) is 0.294. The summed E-state index contributed by atoms with van der Waals surface area (Å²) in [5, 5.41) is 11.7. The van der Waals surface area contributed by atoms with Gasteiger partial charge in [-0.25, -0.2) is 4.79 Å². The first-order valence-corrected chi connectivity index (χ1v) is 7.24. The Morgan fingerprint density at radius 2 is 1.88 bits per heavy atom. The van der Waals surface area contributed by atoms with Crippen molar-refractivity contribution in [2.75, 3.05) is 14.2 Å². The molecule has 2 aromatic rings. The van der Waals surface area contributed by atoms with Crippen LogP contribution in [-0.4, -0.2) is 31.2 Å². The number of furan rings is 1. The summed E-state index contributed by atoms with van der Waals surface area (Å²) in [6, 6.07) is 6.66. The van der Waals surface area contributed by atoms with Crippen molar-refractivity contribution < 1.29 is 28.6 Å². The van der Waals surface area contributed by atoms with Gasteiger partial charge in [0.05, 0.1) is 27.2 Å². The van der Waals surface area contributed by atoms with Crippen LogP contribution >= 0.6 is 0 Å². The molecule has 1 aromatic heterocycles. The second-order valence-corrected chi connectivity index (χ2v) is 5.13. The number of carboxylic acids is 1. The van der Waals surface area contributed by atoms with Crippen molar-refractivity contribution in [2.45, 2.75) is 19.9 Å². The topological polar surface area (TPSA) is 98.0 Å². The van der Waals surface area contributed by atoms with Crippen LogP contribution < -0.4 is 14.8 Å². The van der Waals surface area contributed by atoms with Crippen LogP contribution in [0.3, 0.4) is 0 Å². The zero-order valence-electron chi connectivity index (χ0n) is 13.7. The molecule has 2 N–H and O–H groups in total. The molecular formula is C17H19NO6. The molecule has 0 aliphatic heterocycles. The summed E-state index contributed by atoms with van der Waals surface area (Å²) in [5.74, 6) is 0.578. The number of hydrogen-bond donors (Lipinski definition) is 2. The Morgan fingerprint density at radius 1 is 1.17 bits per heavy atom. The quantitative estimate of drug-likeness (QED) is 0.806. The third-order valence-corrected chi connectivity index (χ3v) is 3.47. The molecule has 128 valence electrons. The van der Waals surface area contributed by atoms with E-state index in [0.717, 1.165) is 5.56 Å². The molecule has 1 heterocycles. The second kappa shape index (κ2) is 7.54. The lowest BCUT2D eigenvalue weighted by molar-refractivity contribution is -0.120. The van der Waals surface area contributed by atoms with Gasteiger partial charge in [-0.2, -0.15) is 0 Å². The van der Waals surface area contributed by atoms with E-state index < -0.39 is 5.97 Å². The van der Waals surface area contributed by atoms with Gasteiger partial charge in [-0.15, -0.1) is 0 Å². The second-order valence-electron chi connectivity index (χ2n) is 5.13. The number of methoxy groups -OCH3 is 2. The van der Waals surface area contributed by atoms with E-state index in [2.05, 4.69) is 5.32 Å². The van der Waals surface area contributed by atoms with Crippen LogP contribution in [0.1, 0.15) is 27.4 Å². The first kappa shape index (κ1) is 17.4. The predicted molar refractivity (Wildman–Crippen MR) is 85.5 cm³/mol. The van der Waals surface area contributed by atoms with Gasteiger partial charge in [-0.1, -0.05) is 6.07 Å². The minimum Gasteiger partial charge on any atom is -0.493 e. The molecule has 0 aliphatic rings. The van der Waals surface area contributed by atoms with Crippen molar-refractivity contribution in [3.05, 3.63) is 46.9 Å². The Labute approximate surface area is 139 Å². The normalized spacial score (nSPS) is 10.3. The van der Waals surface area contributed by atoms with Gasteiger partial charge >= 0.3 is 5.97 Å². The molecule has 0 radical (unpaired) electrons. The Balaban J connectivity index is 1.96. The first-order chi connectivity index (χ1) is 11.4. The molecule has 0 bridgehead atoms. The van der Waals surface area contributed by atoms with E-state index in [9.17, 15) is 9.59 Å². The Kier molecular flexibility index (Phi) is 5.47. The van der Waals surface area contributed by atoms with E-state index in [0.29, 0.717) is 23.0 Å². The summed E-state index contributed by atoms with van der Waals surface area (Å²) in [7, 11) is 3.07. The number of ether oxygens (including phenoxy) is 2. The van der Waals surface area contributed by atoms with Crippen molar-refractivity contribution in [3.63, 3.8) is 0 Å². The lowest BCUT2D eigenvalue weighted by atomic mass is 10.1. The fourth-order valence-electron chi connectivity index (χ4n) is 2.27. The minimum atomic E-state index is -1.06. The van der Waals surface area contributed by atoms with E-state index in [1.54, 1.807) is 32.2 Å². The lowest BCUT2D eigenvalue weighted by Gasteiger charge is -2.09. The number of carbonyl (C=O) groups is 2. The maximum atomic E-state index is 12.0. The third-order valence-electron chi connectivity index (χ3n) is 3.47. The monoisotopic (exact) mass is 333 g/mol. The highest BCUT2D eigenvalue weighted by atomic mass is 16.5. The highest BCUT2D eigenvalue weighted by Gasteiger charge is 2.14. The van der Waals surface area contributed by atoms with E-state index in [4.69, 9.17) is 19.0 Å². The van der Waals surface area contributed by atoms with E-state index in [1.165, 1.54) is 13.2 Å². The maximum Gasteiger partial charge on any atom is 0.339 e. The Bertz CT molecular complexity index is 750. The molecule has 0 spiro atoms. The van der Waals surface area contributed by atoms with Crippen LogP contribution in [0, 0.1) is 6.92 Å². The number of carbonyl (C=O) groups excluding carboxylic acids is 1. The van der Waals surface area contributed by atoms with Crippen LogP contribution in [0.4, 0.5) is 0 Å². The summed E-state index contributed by atoms with van der Waals surface area (Å²) in [6.07, 6.45) is 0.159. The SMILES string of the molecule is COc1ccc(CC(=O)NCc2cc(C(=O)O)c(C)o2)cc1OC. The number of aromatic carboxylic acids is 1. The van der Waals surface area contributed by atoms with E-state index in [1.807, 2.05) is 0 Å². The van der Waals surface area contributed by atoms with Gasteiger partial charge in [0.1, 0.15) is 17.1 Å². The standard InChI is InChI=1S/C17H19NO6/c1-10-13(17(20)21)8-12(24-10)9-18-16(19)7-11-4-5-14(22-2)15(6-11)23-3/h4-6,8H,7,9H2,1-3H3,(H,18,19)(H,20,21). The van der Waals surface area contributed by atoms with Crippen molar-refractivity contribution >= 4 is 11.9 Å². The van der Waals surface area contributed by atoms with Gasteiger partial charge < -0.3 is 24.3 Å². The van der Waals surface area contributed by atoms with Crippen LogP contribution in [-0.2, 0) is 17.8 Å². The van der Waals surface area contributed by atoms with E-state index >= 15 is 0 Å². The molecule has 7 nitrogen and oxygen atoms in total. The van der Waals surface area contributed by atoms with Gasteiger partial charge in [0.25, 0.3) is 0 Å². The van der Waals surface area contributed by atoms with Crippen LogP contribution in [0.5, 0.6) is 11.5 Å². The summed E-state index contributed by atoms with van der Waals surface area (Å²) in [6.45, 7) is 1.69. The van der Waals surface area contributed by atoms with Crippen LogP contribution in [0.25, 0.3) is 0 Å². The number of aryl methyl sites for hydroxylation is 1. The average molecular weight is 333 g/mol. The highest BCUT2D eigenvalue weighted by Crippen LogP contribution is 2.27. The zero-order valence-corrected chi connectivity index (χ0v) is 13.7. The van der Waals surface area contributed by atoms with Crippen molar-refractivity contribution in [1.82, 2.24) is 5.32 Å². The maximum absolute atomic E-state index is 12.0. The van der Waals surface area contributed by atoms with Crippen LogP contribution in [0.15, 0.2) is 28.7 Å². The average Bonchev–Trinajstić information content (AvgIpc) is 2.94. The molecule has 0 aliphatic carbocycles. The smallest absolute Gasteiger partial charge is 0.339 e. The largest absolute Gasteiger partial charge is 0.493 e. The number of nitrogens with one attached hydrogen (secondary N) is 1. The first-order valence-electron chi connectivity index (χ1n) is 7.24. The molecule has 24 heavy (non-hydrogen) atoms. The fourth-order valence-corrected chi connectivity index (χ4v) is 2.27. The number of rotatable bonds is 7. The molecule has 1 amide bonds. The number of benzene rings is 1. The third kappa shape index (κ3) is 4.07. The Morgan fingerprint density at radius 3 is 2.46 bits per heavy atom. The molecule has 1 aromatic carbocycles. The summed E-state index contributed by atoms with van der Waals surface area (Å²) < 4.78 is 15.7. The predicted octanol–water partition coefficient (Wildman–Crippen LogP) is 2.16. The zero-order chi connectivity index (χ0) is 17.7. The molecule has 0 unspecified atom stereocenters. The molecule has 2 rings (SSSR count). The molecule has 0 fully saturated rings. The number of hydrogen-bond acceptors (Lipinski definition) is 5. The van der Waals surface area contributed by atoms with Gasteiger partial charge in [0.2, 0.25) is 5.91 Å². The molecule has 0 atom stereocenters. The molecular weight excluding hydrogens is 314 g/mol. The van der Waals surface area contributed by atoms with Crippen molar-refractivity contribution in [3.8, 4) is 11.5 Å². The highest BCUT2D eigenvalue weighted by molar-refractivity contribution is 5.88. The molecule has 7 heteroatoms. The molecule has 0 saturated heterocycles. The van der Waals surface area contributed by atoms with Crippen molar-refractivity contribution in [2.24, 2.45) is 0 Å². The number of carboxylic acid groups (broad SMARTS) is 1. The summed E-state index contributed by atoms with van der Waals surface area (Å²) in [5.41, 5.74) is 0.867. The van der Waals surface area contributed by atoms with Crippen molar-refractivity contribution in [1.29, 1.82) is 0 Å².